The van der Waals surface area contributed by atoms with E-state index >= 15 is 0 Å². The van der Waals surface area contributed by atoms with E-state index in [-0.39, 0.29) is 23.5 Å². The van der Waals surface area contributed by atoms with Gasteiger partial charge in [-0.15, -0.1) is 0 Å². The van der Waals surface area contributed by atoms with E-state index in [1.165, 1.54) is 45.9 Å². The van der Waals surface area contributed by atoms with E-state index in [9.17, 15) is 22.8 Å². The average molecular weight is 658 g/mol. The van der Waals surface area contributed by atoms with E-state index in [2.05, 4.69) is 11.9 Å². The number of nitrogens with zero attached hydrogens (tertiary/aromatic N) is 3. The van der Waals surface area contributed by atoms with Crippen molar-refractivity contribution in [2.24, 2.45) is 16.8 Å². The van der Waals surface area contributed by atoms with E-state index in [0.717, 1.165) is 31.3 Å². The van der Waals surface area contributed by atoms with Crippen LogP contribution in [0.15, 0.2) is 40.2 Å². The number of piperazine rings is 1. The van der Waals surface area contributed by atoms with Crippen LogP contribution in [0.25, 0.3) is 0 Å². The summed E-state index contributed by atoms with van der Waals surface area (Å²) in [4.78, 5) is 31.5. The summed E-state index contributed by atoms with van der Waals surface area (Å²) in [6, 6.07) is -0.211. The molecule has 1 heterocycles. The van der Waals surface area contributed by atoms with Crippen molar-refractivity contribution >= 4 is 17.8 Å². The van der Waals surface area contributed by atoms with Crippen LogP contribution in [0.2, 0.25) is 0 Å². The van der Waals surface area contributed by atoms with Crippen LogP contribution in [0, 0.1) is 11.8 Å². The Hall–Kier alpha value is -2.78. The van der Waals surface area contributed by atoms with Crippen LogP contribution in [-0.2, 0) is 14.3 Å². The quantitative estimate of drug-likeness (QED) is 0.148. The molecule has 10 heteroatoms. The summed E-state index contributed by atoms with van der Waals surface area (Å²) in [7, 11) is 1.49. The Kier molecular flexibility index (Phi) is 19.9. The topological polar surface area (TPSA) is 71.4 Å². The predicted octanol–water partition coefficient (Wildman–Crippen LogP) is 9.89. The number of methoxy groups -OCH3 is 1. The molecule has 2 fully saturated rings. The maximum absolute atomic E-state index is 13.8. The molecule has 0 radical (unpaired) electrons. The third kappa shape index (κ3) is 14.8. The molecule has 1 aliphatic heterocycles. The standard InChI is InChI=1S/C23H36F3N3O2.C11H20O2.C2H6/c1-9-11-12-27-17(4)20(19(10-2)23(24,25)26)18(5)28-13-14-29(16(3)15-28)21(30)31-22(6,7)8;1-3-5-9-6-4-7-10(8-9)11(12)13-2;1-2/h10-12,16H,9,13-15H2,1-8H3;9-10H,3-8H2,1-2H3;1-2H3/b12-11+,19-10+,20-18-,27-17+;;. The number of allylic oxidation sites excluding steroid dienone is 5. The number of alkyl halides is 3. The van der Waals surface area contributed by atoms with Crippen molar-refractivity contribution < 1.29 is 32.2 Å². The molecule has 7 nitrogen and oxygen atoms in total. The number of esters is 1. The van der Waals surface area contributed by atoms with Gasteiger partial charge in [-0.05, 0) is 73.6 Å². The molecular weight excluding hydrogens is 595 g/mol. The molecule has 0 N–H and O–H groups in total. The summed E-state index contributed by atoms with van der Waals surface area (Å²) < 4.78 is 51.6. The number of carbonyl (C=O) groups excluding carboxylic acids is 2. The van der Waals surface area contributed by atoms with Gasteiger partial charge >= 0.3 is 18.2 Å². The first kappa shape index (κ1) is 43.2. The number of halogens is 3. The molecule has 3 atom stereocenters. The fraction of sp³-hybridized carbons (Fsp3) is 0.750. The first-order chi connectivity index (χ1) is 21.5. The van der Waals surface area contributed by atoms with Gasteiger partial charge in [0.1, 0.15) is 5.60 Å². The summed E-state index contributed by atoms with van der Waals surface area (Å²) in [5.74, 6) is 0.957. The first-order valence-electron chi connectivity index (χ1n) is 17.0. The lowest BCUT2D eigenvalue weighted by Crippen LogP contribution is -2.54. The zero-order chi connectivity index (χ0) is 35.7. The molecule has 1 saturated heterocycles. The molecule has 0 aromatic heterocycles. The van der Waals surface area contributed by atoms with Crippen LogP contribution in [0.1, 0.15) is 121 Å². The Morgan fingerprint density at radius 1 is 1.04 bits per heavy atom. The Bertz CT molecular complexity index is 1060. The van der Waals surface area contributed by atoms with E-state index in [4.69, 9.17) is 9.47 Å². The fourth-order valence-electron chi connectivity index (χ4n) is 5.79. The lowest BCUT2D eigenvalue weighted by molar-refractivity contribution is -0.147. The minimum atomic E-state index is -4.50. The molecule has 0 bridgehead atoms. The highest BCUT2D eigenvalue weighted by atomic mass is 19.4. The van der Waals surface area contributed by atoms with Gasteiger partial charge in [-0.1, -0.05) is 65.5 Å². The van der Waals surface area contributed by atoms with Crippen molar-refractivity contribution in [3.63, 3.8) is 0 Å². The van der Waals surface area contributed by atoms with Gasteiger partial charge in [0.25, 0.3) is 0 Å². The van der Waals surface area contributed by atoms with E-state index in [1.807, 2.05) is 32.6 Å². The minimum Gasteiger partial charge on any atom is -0.469 e. The van der Waals surface area contributed by atoms with Crippen molar-refractivity contribution in [2.45, 2.75) is 139 Å². The largest absolute Gasteiger partial charge is 0.469 e. The third-order valence-corrected chi connectivity index (χ3v) is 7.94. The predicted molar refractivity (Wildman–Crippen MR) is 183 cm³/mol. The lowest BCUT2D eigenvalue weighted by atomic mass is 9.79. The van der Waals surface area contributed by atoms with Crippen molar-refractivity contribution in [1.82, 2.24) is 9.80 Å². The van der Waals surface area contributed by atoms with Gasteiger partial charge in [-0.25, -0.2) is 4.79 Å². The summed E-state index contributed by atoms with van der Waals surface area (Å²) in [6.07, 6.45) is 7.35. The monoisotopic (exact) mass is 657 g/mol. The minimum absolute atomic E-state index is 0.000744. The van der Waals surface area contributed by atoms with Crippen LogP contribution in [0.5, 0.6) is 0 Å². The zero-order valence-corrected chi connectivity index (χ0v) is 30.6. The number of rotatable bonds is 8. The average Bonchev–Trinajstić information content (AvgIpc) is 2.99. The Balaban J connectivity index is 0.00000112. The van der Waals surface area contributed by atoms with Gasteiger partial charge in [0.05, 0.1) is 18.6 Å². The third-order valence-electron chi connectivity index (χ3n) is 7.94. The van der Waals surface area contributed by atoms with Gasteiger partial charge < -0.3 is 19.3 Å². The number of ether oxygens (including phenoxy) is 2. The summed E-state index contributed by atoms with van der Waals surface area (Å²) in [5.41, 5.74) is -0.446. The van der Waals surface area contributed by atoms with Crippen molar-refractivity contribution in [1.29, 1.82) is 0 Å². The Morgan fingerprint density at radius 2 is 1.67 bits per heavy atom. The van der Waals surface area contributed by atoms with Gasteiger partial charge in [-0.3, -0.25) is 9.79 Å². The Morgan fingerprint density at radius 3 is 2.15 bits per heavy atom. The maximum Gasteiger partial charge on any atom is 0.416 e. The molecule has 1 amide bonds. The molecule has 2 aliphatic rings. The van der Waals surface area contributed by atoms with E-state index in [0.29, 0.717) is 31.0 Å². The SMILES string of the molecule is CC.CCCC1CCCC(C(=O)OC)C1.C\C=C(C(/C(C)=N/C=C/CC)=C(/C)N1CCN(C(=O)OC(C)(C)C)C(C)C1)\C(F)(F)F. The molecule has 1 aliphatic carbocycles. The maximum atomic E-state index is 13.8. The van der Waals surface area contributed by atoms with E-state index < -0.39 is 23.4 Å². The number of carbonyl (C=O) groups is 2. The molecule has 0 spiro atoms. The van der Waals surface area contributed by atoms with E-state index in [1.54, 1.807) is 45.6 Å². The molecule has 1 saturated carbocycles. The fourth-order valence-corrected chi connectivity index (χ4v) is 5.79. The second-order valence-electron chi connectivity index (χ2n) is 12.7. The van der Waals surface area contributed by atoms with Gasteiger partial charge in [-0.2, -0.15) is 13.2 Å². The van der Waals surface area contributed by atoms with Gasteiger partial charge in [0.15, 0.2) is 0 Å². The summed E-state index contributed by atoms with van der Waals surface area (Å²) in [6.45, 7) is 21.3. The molecule has 0 aromatic rings. The number of aliphatic imine (C=N–C) groups is 1. The summed E-state index contributed by atoms with van der Waals surface area (Å²) in [5, 5.41) is 0. The van der Waals surface area contributed by atoms with Gasteiger partial charge in [0.2, 0.25) is 0 Å². The molecule has 2 rings (SSSR count). The summed E-state index contributed by atoms with van der Waals surface area (Å²) >= 11 is 0. The molecule has 3 unspecified atom stereocenters. The van der Waals surface area contributed by atoms with Crippen LogP contribution in [0.3, 0.4) is 0 Å². The Labute approximate surface area is 277 Å². The van der Waals surface area contributed by atoms with Crippen LogP contribution in [-0.4, -0.2) is 72.1 Å². The van der Waals surface area contributed by atoms with Crippen molar-refractivity contribution in [2.75, 3.05) is 26.7 Å². The highest BCUT2D eigenvalue weighted by molar-refractivity contribution is 6.03. The first-order valence-corrected chi connectivity index (χ1v) is 17.0. The van der Waals surface area contributed by atoms with Crippen LogP contribution < -0.4 is 0 Å². The zero-order valence-electron chi connectivity index (χ0n) is 30.6. The van der Waals surface area contributed by atoms with Crippen molar-refractivity contribution in [3.05, 3.63) is 35.2 Å². The second kappa shape index (κ2) is 21.2. The van der Waals surface area contributed by atoms with Crippen LogP contribution >= 0.6 is 0 Å². The number of hydrogen-bond donors (Lipinski definition) is 0. The lowest BCUT2D eigenvalue weighted by Gasteiger charge is -2.42. The van der Waals surface area contributed by atoms with Crippen LogP contribution in [0.4, 0.5) is 18.0 Å². The van der Waals surface area contributed by atoms with Crippen molar-refractivity contribution in [3.8, 4) is 0 Å². The second-order valence-corrected chi connectivity index (χ2v) is 12.7. The smallest absolute Gasteiger partial charge is 0.416 e. The molecule has 266 valence electrons. The normalized spacial score (nSPS) is 21.8. The van der Waals surface area contributed by atoms with Gasteiger partial charge in [0, 0.05) is 48.9 Å². The molecular formula is C36H62F3N3O4. The highest BCUT2D eigenvalue weighted by Gasteiger charge is 2.39. The number of amides is 1. The highest BCUT2D eigenvalue weighted by Crippen LogP contribution is 2.35. The molecule has 0 aromatic carbocycles. The number of hydrogen-bond acceptors (Lipinski definition) is 6. The molecule has 46 heavy (non-hydrogen) atoms.